The van der Waals surface area contributed by atoms with Crippen LogP contribution in [0.3, 0.4) is 0 Å². The number of aliphatic hydroxyl groups is 1. The lowest BCUT2D eigenvalue weighted by molar-refractivity contribution is 0.180. The van der Waals surface area contributed by atoms with Crippen molar-refractivity contribution in [2.24, 2.45) is 5.92 Å². The molecule has 182 valence electrons. The van der Waals surface area contributed by atoms with Crippen LogP contribution in [0.15, 0.2) is 48.8 Å². The Balaban J connectivity index is 1.25. The lowest BCUT2D eigenvalue weighted by Gasteiger charge is -2.28. The molecular formula is C27H28N8O. The number of anilines is 2. The predicted octanol–water partition coefficient (Wildman–Crippen LogP) is 4.69. The summed E-state index contributed by atoms with van der Waals surface area (Å²) in [7, 11) is 0. The molecule has 7 rings (SSSR count). The number of aliphatic hydroxyl groups excluding tert-OH is 1. The number of H-pyrrole nitrogens is 2. The lowest BCUT2D eigenvalue weighted by Crippen LogP contribution is -2.29. The molecule has 1 aliphatic carbocycles. The zero-order valence-corrected chi connectivity index (χ0v) is 19.9. The van der Waals surface area contributed by atoms with Crippen LogP contribution in [0, 0.1) is 5.92 Å². The Hall–Kier alpha value is -3.98. The average Bonchev–Trinajstić information content (AvgIpc) is 3.55. The summed E-state index contributed by atoms with van der Waals surface area (Å²) in [6.07, 6.45) is 8.82. The van der Waals surface area contributed by atoms with Crippen LogP contribution in [0.2, 0.25) is 0 Å². The van der Waals surface area contributed by atoms with Gasteiger partial charge in [0.2, 0.25) is 0 Å². The molecular weight excluding hydrogens is 452 g/mol. The van der Waals surface area contributed by atoms with Gasteiger partial charge in [0.05, 0.1) is 34.3 Å². The normalized spacial score (nSPS) is 17.1. The maximum absolute atomic E-state index is 10.3. The Morgan fingerprint density at radius 1 is 0.972 bits per heavy atom. The van der Waals surface area contributed by atoms with Crippen LogP contribution < -0.4 is 10.2 Å². The van der Waals surface area contributed by atoms with Crippen molar-refractivity contribution >= 4 is 33.4 Å². The van der Waals surface area contributed by atoms with Crippen LogP contribution in [0.5, 0.6) is 0 Å². The van der Waals surface area contributed by atoms with Crippen molar-refractivity contribution in [1.82, 2.24) is 30.1 Å². The Bertz CT molecular complexity index is 1550. The molecule has 4 aromatic heterocycles. The fraction of sp³-hybridized carbons (Fsp3) is 0.333. The number of benzene rings is 1. The van der Waals surface area contributed by atoms with Gasteiger partial charge in [0.25, 0.3) is 0 Å². The van der Waals surface area contributed by atoms with Crippen LogP contribution >= 0.6 is 0 Å². The number of aromatic nitrogens is 6. The number of nitrogens with one attached hydrogen (secondary N) is 3. The molecule has 1 atom stereocenters. The van der Waals surface area contributed by atoms with Crippen molar-refractivity contribution in [3.05, 3.63) is 48.8 Å². The number of hydrogen-bond donors (Lipinski definition) is 4. The SMILES string of the molecule is OC(Nc1cncc(-c2ccc3[nH]nc(-c4nc5c(N6CCCCC6)cccc5[nH]4)c3n2)c1)C1CC1. The van der Waals surface area contributed by atoms with E-state index in [0.29, 0.717) is 17.4 Å². The van der Waals surface area contributed by atoms with Gasteiger partial charge in [-0.1, -0.05) is 6.07 Å². The first-order valence-corrected chi connectivity index (χ1v) is 12.7. The fourth-order valence-corrected chi connectivity index (χ4v) is 5.10. The van der Waals surface area contributed by atoms with E-state index in [1.54, 1.807) is 12.4 Å². The topological polar surface area (TPSA) is 119 Å². The van der Waals surface area contributed by atoms with E-state index in [9.17, 15) is 5.11 Å². The van der Waals surface area contributed by atoms with Gasteiger partial charge in [-0.25, -0.2) is 9.97 Å². The van der Waals surface area contributed by atoms with Crippen LogP contribution in [0.4, 0.5) is 11.4 Å². The molecule has 0 radical (unpaired) electrons. The summed E-state index contributed by atoms with van der Waals surface area (Å²) in [5.74, 6) is 1.03. The molecule has 1 saturated heterocycles. The smallest absolute Gasteiger partial charge is 0.161 e. The third-order valence-electron chi connectivity index (χ3n) is 7.24. The highest BCUT2D eigenvalue weighted by Gasteiger charge is 2.29. The van der Waals surface area contributed by atoms with Gasteiger partial charge in [-0.15, -0.1) is 0 Å². The van der Waals surface area contributed by atoms with E-state index >= 15 is 0 Å². The summed E-state index contributed by atoms with van der Waals surface area (Å²) < 4.78 is 0. The largest absolute Gasteiger partial charge is 0.374 e. The second kappa shape index (κ2) is 8.60. The molecule has 1 aliphatic heterocycles. The minimum atomic E-state index is -0.541. The van der Waals surface area contributed by atoms with E-state index in [1.807, 2.05) is 18.2 Å². The molecule has 5 heterocycles. The molecule has 36 heavy (non-hydrogen) atoms. The van der Waals surface area contributed by atoms with E-state index in [-0.39, 0.29) is 0 Å². The molecule has 1 saturated carbocycles. The zero-order chi connectivity index (χ0) is 24.1. The third kappa shape index (κ3) is 3.85. The number of hydrogen-bond acceptors (Lipinski definition) is 7. The predicted molar refractivity (Wildman–Crippen MR) is 141 cm³/mol. The highest BCUT2D eigenvalue weighted by Crippen LogP contribution is 2.34. The fourth-order valence-electron chi connectivity index (χ4n) is 5.10. The van der Waals surface area contributed by atoms with E-state index in [2.05, 4.69) is 48.6 Å². The first-order valence-electron chi connectivity index (χ1n) is 12.7. The van der Waals surface area contributed by atoms with Gasteiger partial charge in [0.15, 0.2) is 11.5 Å². The average molecular weight is 481 g/mol. The summed E-state index contributed by atoms with van der Waals surface area (Å²) in [6.45, 7) is 2.13. The molecule has 9 nitrogen and oxygen atoms in total. The molecule has 0 amide bonds. The van der Waals surface area contributed by atoms with Crippen molar-refractivity contribution in [3.63, 3.8) is 0 Å². The molecule has 0 bridgehead atoms. The molecule has 2 fully saturated rings. The number of fused-ring (bicyclic) bond motifs is 2. The highest BCUT2D eigenvalue weighted by molar-refractivity contribution is 5.95. The third-order valence-corrected chi connectivity index (χ3v) is 7.24. The minimum absolute atomic E-state index is 0.329. The number of pyridine rings is 2. The summed E-state index contributed by atoms with van der Waals surface area (Å²) in [4.78, 5) is 20.2. The van der Waals surface area contributed by atoms with E-state index in [4.69, 9.17) is 9.97 Å². The molecule has 4 N–H and O–H groups in total. The van der Waals surface area contributed by atoms with E-state index in [1.165, 1.54) is 24.9 Å². The Morgan fingerprint density at radius 3 is 2.72 bits per heavy atom. The molecule has 9 heteroatoms. The van der Waals surface area contributed by atoms with Crippen molar-refractivity contribution < 1.29 is 5.11 Å². The van der Waals surface area contributed by atoms with Gasteiger partial charge in [0, 0.05) is 30.8 Å². The molecule has 1 aromatic carbocycles. The quantitative estimate of drug-likeness (QED) is 0.260. The first kappa shape index (κ1) is 21.3. The van der Waals surface area contributed by atoms with E-state index < -0.39 is 6.23 Å². The number of piperidine rings is 1. The number of nitrogens with zero attached hydrogens (tertiary/aromatic N) is 5. The van der Waals surface area contributed by atoms with Gasteiger partial charge in [-0.05, 0) is 62.4 Å². The van der Waals surface area contributed by atoms with Crippen molar-refractivity contribution in [2.45, 2.75) is 38.3 Å². The number of para-hydroxylation sites is 1. The van der Waals surface area contributed by atoms with Gasteiger partial charge < -0.3 is 20.3 Å². The van der Waals surface area contributed by atoms with Crippen LogP contribution in [-0.2, 0) is 0 Å². The van der Waals surface area contributed by atoms with Gasteiger partial charge in [-0.2, -0.15) is 5.10 Å². The maximum atomic E-state index is 10.3. The Labute approximate surface area is 208 Å². The van der Waals surface area contributed by atoms with Crippen molar-refractivity contribution in [1.29, 1.82) is 0 Å². The summed E-state index contributed by atoms with van der Waals surface area (Å²) in [6, 6.07) is 12.2. The van der Waals surface area contributed by atoms with E-state index in [0.717, 1.165) is 64.9 Å². The molecule has 1 unspecified atom stereocenters. The Kier molecular flexibility index (Phi) is 5.09. The van der Waals surface area contributed by atoms with Crippen LogP contribution in [-0.4, -0.2) is 54.6 Å². The molecule has 2 aliphatic rings. The summed E-state index contributed by atoms with van der Waals surface area (Å²) in [5.41, 5.74) is 7.87. The Morgan fingerprint density at radius 2 is 1.86 bits per heavy atom. The molecule has 0 spiro atoms. The molecule has 5 aromatic rings. The number of rotatable bonds is 6. The van der Waals surface area contributed by atoms with Crippen LogP contribution in [0.1, 0.15) is 32.1 Å². The van der Waals surface area contributed by atoms with Gasteiger partial charge in [-0.3, -0.25) is 10.1 Å². The zero-order valence-electron chi connectivity index (χ0n) is 19.9. The van der Waals surface area contributed by atoms with Crippen LogP contribution in [0.25, 0.3) is 44.8 Å². The number of aromatic amines is 2. The lowest BCUT2D eigenvalue weighted by atomic mass is 10.1. The monoisotopic (exact) mass is 480 g/mol. The van der Waals surface area contributed by atoms with Gasteiger partial charge in [0.1, 0.15) is 17.3 Å². The van der Waals surface area contributed by atoms with Crippen molar-refractivity contribution in [3.8, 4) is 22.8 Å². The standard InChI is InChI=1S/C27H28N8O/c36-27(16-7-8-16)29-18-13-17(14-28-15-18)19-9-10-21-24(30-19)25(34-33-21)26-31-20-5-4-6-22(23(20)32-26)35-11-2-1-3-12-35/h4-6,9-10,13-16,27,29,36H,1-3,7-8,11-12H2,(H,31,32)(H,33,34). The number of imidazole rings is 1. The maximum Gasteiger partial charge on any atom is 0.161 e. The summed E-state index contributed by atoms with van der Waals surface area (Å²) in [5, 5.41) is 21.1. The first-order chi connectivity index (χ1) is 17.7. The minimum Gasteiger partial charge on any atom is -0.374 e. The highest BCUT2D eigenvalue weighted by atomic mass is 16.3. The van der Waals surface area contributed by atoms with Crippen molar-refractivity contribution in [2.75, 3.05) is 23.3 Å². The second-order valence-electron chi connectivity index (χ2n) is 9.86. The summed E-state index contributed by atoms with van der Waals surface area (Å²) >= 11 is 0. The second-order valence-corrected chi connectivity index (χ2v) is 9.86. The van der Waals surface area contributed by atoms with Gasteiger partial charge >= 0.3 is 0 Å².